The Bertz CT molecular complexity index is 627. The van der Waals surface area contributed by atoms with Crippen LogP contribution >= 0.6 is 11.3 Å². The van der Waals surface area contributed by atoms with Gasteiger partial charge in [-0.25, -0.2) is 14.2 Å². The molecule has 1 unspecified atom stereocenters. The number of benzene rings is 1. The van der Waals surface area contributed by atoms with Gasteiger partial charge in [0, 0.05) is 0 Å². The van der Waals surface area contributed by atoms with Crippen LogP contribution in [0.15, 0.2) is 24.4 Å². The van der Waals surface area contributed by atoms with Crippen molar-refractivity contribution >= 4 is 22.4 Å². The summed E-state index contributed by atoms with van der Waals surface area (Å²) < 4.78 is 18.2. The van der Waals surface area contributed by atoms with E-state index in [2.05, 4.69) is 15.0 Å². The molecule has 106 valence electrons. The number of hydrogen-bond donors (Lipinski definition) is 1. The highest BCUT2D eigenvalue weighted by molar-refractivity contribution is 7.17. The van der Waals surface area contributed by atoms with Gasteiger partial charge in [-0.1, -0.05) is 23.5 Å². The first-order valence-electron chi connectivity index (χ1n) is 6.08. The average molecular weight is 294 g/mol. The Morgan fingerprint density at radius 2 is 2.25 bits per heavy atom. The summed E-state index contributed by atoms with van der Waals surface area (Å²) in [6.45, 7) is 3.63. The van der Waals surface area contributed by atoms with Gasteiger partial charge in [-0.2, -0.15) is 0 Å². The molecular weight excluding hydrogens is 279 g/mol. The van der Waals surface area contributed by atoms with Crippen molar-refractivity contribution in [1.29, 1.82) is 0 Å². The molecule has 2 rings (SSSR count). The maximum absolute atomic E-state index is 13.5. The molecule has 1 N–H and O–H groups in total. The third-order valence-electron chi connectivity index (χ3n) is 2.93. The van der Waals surface area contributed by atoms with Gasteiger partial charge >= 0.3 is 5.97 Å². The van der Waals surface area contributed by atoms with Crippen LogP contribution in [0.5, 0.6) is 0 Å². The maximum Gasteiger partial charge on any atom is 0.349 e. The van der Waals surface area contributed by atoms with Crippen LogP contribution in [0.4, 0.5) is 9.52 Å². The number of thiazole rings is 1. The molecular formula is C14H15FN2O2S. The minimum absolute atomic E-state index is 0.109. The van der Waals surface area contributed by atoms with E-state index in [1.807, 2.05) is 13.0 Å². The summed E-state index contributed by atoms with van der Waals surface area (Å²) in [5.74, 6) is -0.643. The zero-order chi connectivity index (χ0) is 14.7. The molecule has 0 radical (unpaired) electrons. The molecule has 0 spiro atoms. The van der Waals surface area contributed by atoms with E-state index >= 15 is 0 Å². The zero-order valence-electron chi connectivity index (χ0n) is 11.4. The molecule has 20 heavy (non-hydrogen) atoms. The number of aryl methyl sites for hydroxylation is 1. The first kappa shape index (κ1) is 14.5. The van der Waals surface area contributed by atoms with E-state index in [4.69, 9.17) is 0 Å². The highest BCUT2D eigenvalue weighted by Crippen LogP contribution is 2.25. The largest absolute Gasteiger partial charge is 0.465 e. The summed E-state index contributed by atoms with van der Waals surface area (Å²) in [6.07, 6.45) is 1.46. The Balaban J connectivity index is 2.10. The third kappa shape index (κ3) is 3.14. The highest BCUT2D eigenvalue weighted by atomic mass is 32.1. The van der Waals surface area contributed by atoms with Crippen LogP contribution in [0.1, 0.15) is 33.8 Å². The Morgan fingerprint density at radius 3 is 2.90 bits per heavy atom. The monoisotopic (exact) mass is 294 g/mol. The van der Waals surface area contributed by atoms with Gasteiger partial charge in [-0.3, -0.25) is 0 Å². The van der Waals surface area contributed by atoms with Gasteiger partial charge in [0.25, 0.3) is 0 Å². The normalized spacial score (nSPS) is 12.0. The van der Waals surface area contributed by atoms with E-state index in [1.165, 1.54) is 30.7 Å². The van der Waals surface area contributed by atoms with Crippen LogP contribution in [0.25, 0.3) is 0 Å². The number of ether oxygens (including phenoxy) is 1. The molecule has 1 heterocycles. The van der Waals surface area contributed by atoms with Gasteiger partial charge in [0.05, 0.1) is 19.3 Å². The molecule has 0 bridgehead atoms. The van der Waals surface area contributed by atoms with Gasteiger partial charge in [0.1, 0.15) is 10.7 Å². The number of nitrogens with one attached hydrogen (secondary N) is 1. The molecule has 2 aromatic rings. The Labute approximate surface area is 120 Å². The number of carbonyl (C=O) groups excluding carboxylic acids is 1. The molecule has 0 saturated carbocycles. The van der Waals surface area contributed by atoms with Crippen molar-refractivity contribution in [2.24, 2.45) is 0 Å². The Hall–Kier alpha value is -1.95. The van der Waals surface area contributed by atoms with E-state index < -0.39 is 5.97 Å². The number of rotatable bonds is 4. The second kappa shape index (κ2) is 6.00. The average Bonchev–Trinajstić information content (AvgIpc) is 2.89. The lowest BCUT2D eigenvalue weighted by atomic mass is 10.1. The molecule has 6 heteroatoms. The molecule has 4 nitrogen and oxygen atoms in total. The lowest BCUT2D eigenvalue weighted by molar-refractivity contribution is 0.0606. The number of hydrogen-bond acceptors (Lipinski definition) is 5. The standard InChI is InChI=1S/C14H15FN2O2S/c1-8-4-5-10(6-11(8)15)9(2)17-14-16-7-12(20-14)13(18)19-3/h4-7,9H,1-3H3,(H,16,17). The van der Waals surface area contributed by atoms with Gasteiger partial charge in [-0.05, 0) is 31.0 Å². The molecule has 1 atom stereocenters. The number of halogens is 1. The second-order valence-electron chi connectivity index (χ2n) is 4.40. The third-order valence-corrected chi connectivity index (χ3v) is 3.84. The SMILES string of the molecule is COC(=O)c1cnc(NC(C)c2ccc(C)c(F)c2)s1. The molecule has 1 aromatic heterocycles. The second-order valence-corrected chi connectivity index (χ2v) is 5.43. The molecule has 0 aliphatic heterocycles. The molecule has 0 aliphatic rings. The van der Waals surface area contributed by atoms with E-state index in [-0.39, 0.29) is 11.9 Å². The topological polar surface area (TPSA) is 51.2 Å². The van der Waals surface area contributed by atoms with Gasteiger partial charge in [-0.15, -0.1) is 0 Å². The fraction of sp³-hybridized carbons (Fsp3) is 0.286. The van der Waals surface area contributed by atoms with E-state index in [0.29, 0.717) is 15.6 Å². The predicted octanol–water partition coefficient (Wildman–Crippen LogP) is 3.55. The summed E-state index contributed by atoms with van der Waals surface area (Å²) in [6, 6.07) is 5.00. The first-order chi connectivity index (χ1) is 9.51. The van der Waals surface area contributed by atoms with Crippen LogP contribution in [0.2, 0.25) is 0 Å². The molecule has 0 aliphatic carbocycles. The van der Waals surface area contributed by atoms with Crippen molar-refractivity contribution in [3.63, 3.8) is 0 Å². The van der Waals surface area contributed by atoms with Crippen molar-refractivity contribution < 1.29 is 13.9 Å². The van der Waals surface area contributed by atoms with Crippen LogP contribution in [-0.2, 0) is 4.74 Å². The number of methoxy groups -OCH3 is 1. The zero-order valence-corrected chi connectivity index (χ0v) is 12.3. The number of nitrogens with zero attached hydrogens (tertiary/aromatic N) is 1. The quantitative estimate of drug-likeness (QED) is 0.876. The minimum atomic E-state index is -0.412. The van der Waals surface area contributed by atoms with Crippen molar-refractivity contribution in [3.05, 3.63) is 46.2 Å². The lowest BCUT2D eigenvalue weighted by Gasteiger charge is -2.13. The van der Waals surface area contributed by atoms with Crippen molar-refractivity contribution in [2.75, 3.05) is 12.4 Å². The van der Waals surface area contributed by atoms with E-state index in [9.17, 15) is 9.18 Å². The van der Waals surface area contributed by atoms with Crippen LogP contribution < -0.4 is 5.32 Å². The Kier molecular flexibility index (Phi) is 4.34. The van der Waals surface area contributed by atoms with Crippen molar-refractivity contribution in [3.8, 4) is 0 Å². The first-order valence-corrected chi connectivity index (χ1v) is 6.89. The molecule has 1 aromatic carbocycles. The number of esters is 1. The smallest absolute Gasteiger partial charge is 0.349 e. The number of aromatic nitrogens is 1. The summed E-state index contributed by atoms with van der Waals surface area (Å²) in [5.41, 5.74) is 1.44. The summed E-state index contributed by atoms with van der Waals surface area (Å²) in [7, 11) is 1.33. The van der Waals surface area contributed by atoms with Crippen molar-refractivity contribution in [1.82, 2.24) is 4.98 Å². The summed E-state index contributed by atoms with van der Waals surface area (Å²) in [4.78, 5) is 15.9. The maximum atomic E-state index is 13.5. The molecule has 0 amide bonds. The minimum Gasteiger partial charge on any atom is -0.465 e. The highest BCUT2D eigenvalue weighted by Gasteiger charge is 2.13. The fourth-order valence-corrected chi connectivity index (χ4v) is 2.50. The molecule has 0 saturated heterocycles. The number of carbonyl (C=O) groups is 1. The Morgan fingerprint density at radius 1 is 1.50 bits per heavy atom. The summed E-state index contributed by atoms with van der Waals surface area (Å²) in [5, 5.41) is 3.73. The van der Waals surface area contributed by atoms with Gasteiger partial charge in [0.15, 0.2) is 5.13 Å². The van der Waals surface area contributed by atoms with Crippen molar-refractivity contribution in [2.45, 2.75) is 19.9 Å². The van der Waals surface area contributed by atoms with Crippen LogP contribution in [0.3, 0.4) is 0 Å². The molecule has 0 fully saturated rings. The summed E-state index contributed by atoms with van der Waals surface area (Å²) >= 11 is 1.21. The van der Waals surface area contributed by atoms with E-state index in [1.54, 1.807) is 13.0 Å². The van der Waals surface area contributed by atoms with E-state index in [0.717, 1.165) is 5.56 Å². The van der Waals surface area contributed by atoms with Crippen LogP contribution in [0, 0.1) is 12.7 Å². The fourth-order valence-electron chi connectivity index (χ4n) is 1.68. The predicted molar refractivity (Wildman–Crippen MR) is 76.6 cm³/mol. The van der Waals surface area contributed by atoms with Gasteiger partial charge < -0.3 is 10.1 Å². The lowest BCUT2D eigenvalue weighted by Crippen LogP contribution is -2.06. The van der Waals surface area contributed by atoms with Crippen LogP contribution in [-0.4, -0.2) is 18.1 Å². The number of anilines is 1. The van der Waals surface area contributed by atoms with Gasteiger partial charge in [0.2, 0.25) is 0 Å².